The number of nitrogens with zero attached hydrogens (tertiary/aromatic N) is 1. The number of carbonyl (C=O) groups excluding carboxylic acids is 2. The van der Waals surface area contributed by atoms with Gasteiger partial charge < -0.3 is 25.2 Å². The minimum Gasteiger partial charge on any atom is -0.388 e. The van der Waals surface area contributed by atoms with Gasteiger partial charge in [-0.1, -0.05) is 44.2 Å². The molecule has 2 rings (SSSR count). The molecular formula is C21H32N2O5. The Hall–Kier alpha value is -1.96. The van der Waals surface area contributed by atoms with Crippen LogP contribution >= 0.6 is 0 Å². The molecule has 1 aliphatic heterocycles. The van der Waals surface area contributed by atoms with Gasteiger partial charge in [-0.05, 0) is 18.4 Å². The van der Waals surface area contributed by atoms with Gasteiger partial charge in [0.1, 0.15) is 18.3 Å². The van der Waals surface area contributed by atoms with Crippen LogP contribution in [0.15, 0.2) is 30.3 Å². The van der Waals surface area contributed by atoms with Crippen molar-refractivity contribution in [3.8, 4) is 0 Å². The zero-order valence-corrected chi connectivity index (χ0v) is 16.9. The molecule has 1 saturated heterocycles. The van der Waals surface area contributed by atoms with Crippen molar-refractivity contribution < 1.29 is 24.5 Å². The summed E-state index contributed by atoms with van der Waals surface area (Å²) in [5.74, 6) is -0.341. The maximum absolute atomic E-state index is 12.5. The third-order valence-corrected chi connectivity index (χ3v) is 5.36. The van der Waals surface area contributed by atoms with E-state index in [1.165, 1.54) is 0 Å². The summed E-state index contributed by atoms with van der Waals surface area (Å²) in [6.45, 7) is 4.47. The second-order valence-electron chi connectivity index (χ2n) is 7.39. The molecule has 7 heteroatoms. The SMILES string of the molecule is CCC(CC)C(=O)NCC1OC(CC(=O)N(C)Cc2ccccc2)C(O)C1O. The maximum atomic E-state index is 12.5. The van der Waals surface area contributed by atoms with E-state index in [9.17, 15) is 19.8 Å². The van der Waals surface area contributed by atoms with Gasteiger partial charge in [0.2, 0.25) is 11.8 Å². The molecule has 1 aromatic rings. The molecule has 0 bridgehead atoms. The molecule has 28 heavy (non-hydrogen) atoms. The van der Waals surface area contributed by atoms with E-state index >= 15 is 0 Å². The Bertz CT molecular complexity index is 635. The Balaban J connectivity index is 1.85. The van der Waals surface area contributed by atoms with Crippen LogP contribution in [0.1, 0.15) is 38.7 Å². The minimum atomic E-state index is -1.16. The summed E-state index contributed by atoms with van der Waals surface area (Å²) >= 11 is 0. The molecular weight excluding hydrogens is 360 g/mol. The summed E-state index contributed by atoms with van der Waals surface area (Å²) in [6.07, 6.45) is -2.38. The van der Waals surface area contributed by atoms with Gasteiger partial charge in [0.05, 0.1) is 12.5 Å². The van der Waals surface area contributed by atoms with Crippen molar-refractivity contribution in [3.63, 3.8) is 0 Å². The van der Waals surface area contributed by atoms with Crippen LogP contribution < -0.4 is 5.32 Å². The molecule has 3 N–H and O–H groups in total. The highest BCUT2D eigenvalue weighted by molar-refractivity contribution is 5.78. The number of nitrogens with one attached hydrogen (secondary N) is 1. The maximum Gasteiger partial charge on any atom is 0.225 e. The van der Waals surface area contributed by atoms with Crippen molar-refractivity contribution >= 4 is 11.8 Å². The van der Waals surface area contributed by atoms with Gasteiger partial charge in [0.25, 0.3) is 0 Å². The third kappa shape index (κ3) is 5.77. The molecule has 0 saturated carbocycles. The Morgan fingerprint density at radius 1 is 1.11 bits per heavy atom. The topological polar surface area (TPSA) is 99.1 Å². The summed E-state index contributed by atoms with van der Waals surface area (Å²) in [6, 6.07) is 9.61. The summed E-state index contributed by atoms with van der Waals surface area (Å²) in [4.78, 5) is 26.1. The lowest BCUT2D eigenvalue weighted by molar-refractivity contribution is -0.135. The van der Waals surface area contributed by atoms with Crippen molar-refractivity contribution in [1.29, 1.82) is 0 Å². The fourth-order valence-corrected chi connectivity index (χ4v) is 3.44. The molecule has 0 aliphatic carbocycles. The molecule has 1 aliphatic rings. The number of amides is 2. The number of rotatable bonds is 9. The number of carbonyl (C=O) groups is 2. The first-order valence-electron chi connectivity index (χ1n) is 9.94. The molecule has 0 spiro atoms. The van der Waals surface area contributed by atoms with Crippen LogP contribution in [0.3, 0.4) is 0 Å². The first-order valence-corrected chi connectivity index (χ1v) is 9.94. The average Bonchev–Trinajstić information content (AvgIpc) is 2.96. The van der Waals surface area contributed by atoms with E-state index in [0.29, 0.717) is 6.54 Å². The standard InChI is InChI=1S/C21H32N2O5/c1-4-15(5-2)21(27)22-12-17-20(26)19(25)16(28-17)11-18(24)23(3)13-14-9-7-6-8-10-14/h6-10,15-17,19-20,25-26H,4-5,11-13H2,1-3H3,(H,22,27). The number of aliphatic hydroxyl groups excluding tert-OH is 2. The van der Waals surface area contributed by atoms with E-state index in [4.69, 9.17) is 4.74 Å². The lowest BCUT2D eigenvalue weighted by Crippen LogP contribution is -2.41. The van der Waals surface area contributed by atoms with Crippen LogP contribution in [0.2, 0.25) is 0 Å². The molecule has 2 amide bonds. The number of hydrogen-bond donors (Lipinski definition) is 3. The van der Waals surface area contributed by atoms with E-state index in [1.54, 1.807) is 11.9 Å². The minimum absolute atomic E-state index is 0.0292. The highest BCUT2D eigenvalue weighted by Crippen LogP contribution is 2.24. The van der Waals surface area contributed by atoms with Crippen molar-refractivity contribution in [3.05, 3.63) is 35.9 Å². The van der Waals surface area contributed by atoms with E-state index in [-0.39, 0.29) is 30.7 Å². The Labute approximate surface area is 166 Å². The van der Waals surface area contributed by atoms with E-state index < -0.39 is 24.4 Å². The molecule has 0 aromatic heterocycles. The zero-order valence-electron chi connectivity index (χ0n) is 16.9. The first-order chi connectivity index (χ1) is 13.4. The van der Waals surface area contributed by atoms with Gasteiger partial charge in [0.15, 0.2) is 0 Å². The zero-order chi connectivity index (χ0) is 20.7. The summed E-state index contributed by atoms with van der Waals surface area (Å²) in [5.41, 5.74) is 1.01. The van der Waals surface area contributed by atoms with Gasteiger partial charge >= 0.3 is 0 Å². The monoisotopic (exact) mass is 392 g/mol. The predicted molar refractivity (Wildman–Crippen MR) is 105 cm³/mol. The smallest absolute Gasteiger partial charge is 0.225 e. The number of ether oxygens (including phenoxy) is 1. The van der Waals surface area contributed by atoms with Gasteiger partial charge in [-0.15, -0.1) is 0 Å². The molecule has 1 heterocycles. The third-order valence-electron chi connectivity index (χ3n) is 5.36. The lowest BCUT2D eigenvalue weighted by Gasteiger charge is -2.21. The molecule has 7 nitrogen and oxygen atoms in total. The van der Waals surface area contributed by atoms with Crippen molar-refractivity contribution in [1.82, 2.24) is 10.2 Å². The van der Waals surface area contributed by atoms with Crippen LogP contribution in [-0.2, 0) is 20.9 Å². The Morgan fingerprint density at radius 2 is 1.71 bits per heavy atom. The first kappa shape index (κ1) is 22.3. The van der Waals surface area contributed by atoms with E-state index in [1.807, 2.05) is 44.2 Å². The summed E-state index contributed by atoms with van der Waals surface area (Å²) in [5, 5.41) is 23.3. The fraction of sp³-hybridized carbons (Fsp3) is 0.619. The number of benzene rings is 1. The molecule has 156 valence electrons. The predicted octanol–water partition coefficient (Wildman–Crippen LogP) is 1.08. The van der Waals surface area contributed by atoms with Crippen LogP contribution in [0.5, 0.6) is 0 Å². The van der Waals surface area contributed by atoms with Gasteiger partial charge in [-0.25, -0.2) is 0 Å². The summed E-state index contributed by atoms with van der Waals surface area (Å²) in [7, 11) is 1.69. The Kier molecular flexibility index (Phi) is 8.41. The van der Waals surface area contributed by atoms with Crippen molar-refractivity contribution in [2.45, 2.75) is 64.1 Å². The highest BCUT2D eigenvalue weighted by atomic mass is 16.5. The van der Waals surface area contributed by atoms with Gasteiger partial charge in [-0.2, -0.15) is 0 Å². The average molecular weight is 392 g/mol. The quantitative estimate of drug-likeness (QED) is 0.584. The molecule has 4 atom stereocenters. The van der Waals surface area contributed by atoms with Crippen molar-refractivity contribution in [2.24, 2.45) is 5.92 Å². The van der Waals surface area contributed by atoms with Crippen LogP contribution in [0, 0.1) is 5.92 Å². The summed E-state index contributed by atoms with van der Waals surface area (Å²) < 4.78 is 5.69. The largest absolute Gasteiger partial charge is 0.388 e. The van der Waals surface area contributed by atoms with Crippen LogP contribution in [0.4, 0.5) is 0 Å². The van der Waals surface area contributed by atoms with Gasteiger partial charge in [-0.3, -0.25) is 9.59 Å². The molecule has 1 aromatic carbocycles. The molecule has 0 radical (unpaired) electrons. The second-order valence-corrected chi connectivity index (χ2v) is 7.39. The second kappa shape index (κ2) is 10.5. The highest BCUT2D eigenvalue weighted by Gasteiger charge is 2.43. The van der Waals surface area contributed by atoms with E-state index in [0.717, 1.165) is 18.4 Å². The molecule has 1 fully saturated rings. The van der Waals surface area contributed by atoms with Gasteiger partial charge in [0, 0.05) is 26.1 Å². The van der Waals surface area contributed by atoms with Crippen LogP contribution in [0.25, 0.3) is 0 Å². The Morgan fingerprint density at radius 3 is 2.32 bits per heavy atom. The van der Waals surface area contributed by atoms with E-state index in [2.05, 4.69) is 5.32 Å². The fourth-order valence-electron chi connectivity index (χ4n) is 3.44. The number of hydrogen-bond acceptors (Lipinski definition) is 5. The molecule has 4 unspecified atom stereocenters. The lowest BCUT2D eigenvalue weighted by atomic mass is 10.0. The van der Waals surface area contributed by atoms with Crippen LogP contribution in [-0.4, -0.2) is 64.9 Å². The number of aliphatic hydroxyl groups is 2. The normalized spacial score (nSPS) is 24.4. The van der Waals surface area contributed by atoms with Crippen molar-refractivity contribution in [2.75, 3.05) is 13.6 Å².